The van der Waals surface area contributed by atoms with Crippen LogP contribution in [0.3, 0.4) is 0 Å². The van der Waals surface area contributed by atoms with Crippen molar-refractivity contribution in [1.82, 2.24) is 0 Å². The van der Waals surface area contributed by atoms with Gasteiger partial charge in [0, 0.05) is 0 Å². The highest BCUT2D eigenvalue weighted by molar-refractivity contribution is 5.21. The summed E-state index contributed by atoms with van der Waals surface area (Å²) in [6.07, 6.45) is 15.5. The van der Waals surface area contributed by atoms with Crippen LogP contribution in [0.1, 0.15) is 69.8 Å². The smallest absolute Gasteiger partial charge is 0.123 e. The van der Waals surface area contributed by atoms with Gasteiger partial charge in [-0.25, -0.2) is 4.39 Å². The summed E-state index contributed by atoms with van der Waals surface area (Å²) < 4.78 is 13.1. The lowest BCUT2D eigenvalue weighted by Gasteiger charge is -2.41. The van der Waals surface area contributed by atoms with Crippen LogP contribution >= 0.6 is 0 Å². The van der Waals surface area contributed by atoms with Gasteiger partial charge >= 0.3 is 0 Å². The monoisotopic (exact) mass is 300 g/mol. The Labute approximate surface area is 134 Å². The maximum atomic E-state index is 13.1. The summed E-state index contributed by atoms with van der Waals surface area (Å²) in [5.41, 5.74) is 1.35. The van der Waals surface area contributed by atoms with E-state index in [1.54, 1.807) is 12.1 Å². The normalized spacial score (nSPS) is 32.1. The molecule has 2 fully saturated rings. The fourth-order valence-electron chi connectivity index (χ4n) is 4.59. The molecule has 22 heavy (non-hydrogen) atoms. The van der Waals surface area contributed by atoms with Gasteiger partial charge in [-0.1, -0.05) is 37.6 Å². The number of rotatable bonds is 4. The highest BCUT2D eigenvalue weighted by Crippen LogP contribution is 2.47. The zero-order valence-electron chi connectivity index (χ0n) is 13.8. The number of unbranched alkanes of at least 4 members (excludes halogenated alkanes) is 1. The quantitative estimate of drug-likeness (QED) is 0.558. The van der Waals surface area contributed by atoms with Crippen molar-refractivity contribution in [3.05, 3.63) is 47.8 Å². The zero-order chi connectivity index (χ0) is 15.4. The first-order valence-electron chi connectivity index (χ1n) is 9.18. The van der Waals surface area contributed by atoms with Gasteiger partial charge in [0.1, 0.15) is 5.82 Å². The number of hydrogen-bond donors (Lipinski definition) is 0. The molecule has 1 aromatic carbocycles. The second kappa shape index (κ2) is 7.44. The summed E-state index contributed by atoms with van der Waals surface area (Å²) in [6, 6.07) is 7.24. The van der Waals surface area contributed by atoms with Crippen LogP contribution in [0, 0.1) is 23.6 Å². The van der Waals surface area contributed by atoms with E-state index in [0.717, 1.165) is 17.8 Å². The molecule has 4 unspecified atom stereocenters. The largest absolute Gasteiger partial charge is 0.207 e. The number of benzene rings is 1. The van der Waals surface area contributed by atoms with Gasteiger partial charge in [-0.3, -0.25) is 0 Å². The molecule has 0 spiro atoms. The summed E-state index contributed by atoms with van der Waals surface area (Å²) in [5.74, 6) is 3.21. The Hall–Kier alpha value is -1.11. The third-order valence-electron chi connectivity index (χ3n) is 5.86. The Morgan fingerprint density at radius 2 is 1.73 bits per heavy atom. The van der Waals surface area contributed by atoms with E-state index >= 15 is 0 Å². The molecular formula is C21H29F. The Bertz CT molecular complexity index is 487. The van der Waals surface area contributed by atoms with E-state index in [9.17, 15) is 4.39 Å². The predicted octanol–water partition coefficient (Wildman–Crippen LogP) is 6.48. The Morgan fingerprint density at radius 3 is 2.50 bits per heavy atom. The van der Waals surface area contributed by atoms with Gasteiger partial charge in [-0.2, -0.15) is 0 Å². The highest BCUT2D eigenvalue weighted by atomic mass is 19.1. The maximum absolute atomic E-state index is 13.1. The van der Waals surface area contributed by atoms with Crippen LogP contribution in [0.5, 0.6) is 0 Å². The summed E-state index contributed by atoms with van der Waals surface area (Å²) in [5, 5.41) is 0. The fourth-order valence-corrected chi connectivity index (χ4v) is 4.59. The van der Waals surface area contributed by atoms with Crippen molar-refractivity contribution < 1.29 is 4.39 Å². The van der Waals surface area contributed by atoms with Crippen LogP contribution < -0.4 is 0 Å². The van der Waals surface area contributed by atoms with Gasteiger partial charge in [0.2, 0.25) is 0 Å². The molecule has 0 nitrogen and oxygen atoms in total. The zero-order valence-corrected chi connectivity index (χ0v) is 13.8. The molecule has 120 valence electrons. The maximum Gasteiger partial charge on any atom is 0.123 e. The molecule has 0 heterocycles. The first-order valence-corrected chi connectivity index (χ1v) is 9.18. The number of hydrogen-bond acceptors (Lipinski definition) is 0. The molecule has 4 atom stereocenters. The van der Waals surface area contributed by atoms with E-state index in [4.69, 9.17) is 0 Å². The standard InChI is InChI=1S/C21H29F/c1-2-3-4-5-16-6-7-20-15-19(9-8-18(20)14-16)17-10-12-21(22)13-11-17/h4-5,10-13,16,18-20H,2-3,6-9,14-15H2,1H3. The predicted molar refractivity (Wildman–Crippen MR) is 91.4 cm³/mol. The van der Waals surface area contributed by atoms with Gasteiger partial charge in [-0.15, -0.1) is 0 Å². The van der Waals surface area contributed by atoms with Crippen LogP contribution in [0.2, 0.25) is 0 Å². The van der Waals surface area contributed by atoms with E-state index in [2.05, 4.69) is 19.1 Å². The highest BCUT2D eigenvalue weighted by Gasteiger charge is 2.35. The van der Waals surface area contributed by atoms with Crippen molar-refractivity contribution in [2.75, 3.05) is 0 Å². The minimum atomic E-state index is -0.114. The second-order valence-corrected chi connectivity index (χ2v) is 7.37. The Balaban J connectivity index is 1.56. The van der Waals surface area contributed by atoms with Crippen LogP contribution in [0.4, 0.5) is 4.39 Å². The fraction of sp³-hybridized carbons (Fsp3) is 0.619. The minimum Gasteiger partial charge on any atom is -0.207 e. The topological polar surface area (TPSA) is 0 Å². The van der Waals surface area contributed by atoms with Gasteiger partial charge in [0.15, 0.2) is 0 Å². The van der Waals surface area contributed by atoms with E-state index in [1.807, 2.05) is 12.1 Å². The molecule has 0 N–H and O–H groups in total. The van der Waals surface area contributed by atoms with Gasteiger partial charge in [-0.05, 0) is 86.3 Å². The van der Waals surface area contributed by atoms with Crippen molar-refractivity contribution in [2.24, 2.45) is 17.8 Å². The molecule has 1 heteroatoms. The Morgan fingerprint density at radius 1 is 1.00 bits per heavy atom. The second-order valence-electron chi connectivity index (χ2n) is 7.37. The van der Waals surface area contributed by atoms with Gasteiger partial charge in [0.25, 0.3) is 0 Å². The third-order valence-corrected chi connectivity index (χ3v) is 5.86. The minimum absolute atomic E-state index is 0.114. The average molecular weight is 300 g/mol. The summed E-state index contributed by atoms with van der Waals surface area (Å²) in [7, 11) is 0. The molecule has 0 aromatic heterocycles. The number of halogens is 1. The average Bonchev–Trinajstić information content (AvgIpc) is 2.55. The molecular weight excluding hydrogens is 271 g/mol. The first-order chi connectivity index (χ1) is 10.8. The molecule has 2 aliphatic carbocycles. The van der Waals surface area contributed by atoms with E-state index in [0.29, 0.717) is 5.92 Å². The summed E-state index contributed by atoms with van der Waals surface area (Å²) in [6.45, 7) is 2.25. The summed E-state index contributed by atoms with van der Waals surface area (Å²) >= 11 is 0. The molecule has 3 rings (SSSR count). The lowest BCUT2D eigenvalue weighted by molar-refractivity contribution is 0.133. The molecule has 2 saturated carbocycles. The third kappa shape index (κ3) is 3.80. The van der Waals surface area contributed by atoms with Crippen molar-refractivity contribution >= 4 is 0 Å². The molecule has 1 aromatic rings. The molecule has 0 bridgehead atoms. The Kier molecular flexibility index (Phi) is 5.33. The van der Waals surface area contributed by atoms with Crippen molar-refractivity contribution in [3.63, 3.8) is 0 Å². The van der Waals surface area contributed by atoms with Crippen LogP contribution in [-0.4, -0.2) is 0 Å². The van der Waals surface area contributed by atoms with E-state index < -0.39 is 0 Å². The van der Waals surface area contributed by atoms with Crippen LogP contribution in [0.25, 0.3) is 0 Å². The van der Waals surface area contributed by atoms with E-state index in [1.165, 1.54) is 56.9 Å². The molecule has 2 aliphatic rings. The van der Waals surface area contributed by atoms with Crippen molar-refractivity contribution in [1.29, 1.82) is 0 Å². The van der Waals surface area contributed by atoms with E-state index in [-0.39, 0.29) is 5.82 Å². The SMILES string of the molecule is CCCC=CC1CCC2CC(c3ccc(F)cc3)CCC2C1. The van der Waals surface area contributed by atoms with Gasteiger partial charge in [0.05, 0.1) is 0 Å². The first kappa shape index (κ1) is 15.8. The van der Waals surface area contributed by atoms with Crippen molar-refractivity contribution in [3.8, 4) is 0 Å². The summed E-state index contributed by atoms with van der Waals surface area (Å²) in [4.78, 5) is 0. The number of fused-ring (bicyclic) bond motifs is 1. The molecule has 0 saturated heterocycles. The molecule has 0 amide bonds. The molecule has 0 aliphatic heterocycles. The number of allylic oxidation sites excluding steroid dienone is 2. The van der Waals surface area contributed by atoms with Crippen molar-refractivity contribution in [2.45, 2.75) is 64.2 Å². The van der Waals surface area contributed by atoms with Crippen LogP contribution in [0.15, 0.2) is 36.4 Å². The molecule has 0 radical (unpaired) electrons. The van der Waals surface area contributed by atoms with Gasteiger partial charge < -0.3 is 0 Å². The van der Waals surface area contributed by atoms with Crippen LogP contribution in [-0.2, 0) is 0 Å². The lowest BCUT2D eigenvalue weighted by atomic mass is 9.64. The lowest BCUT2D eigenvalue weighted by Crippen LogP contribution is -2.30.